The highest BCUT2D eigenvalue weighted by Crippen LogP contribution is 2.53. The van der Waals surface area contributed by atoms with Crippen LogP contribution in [0.5, 0.6) is 0 Å². The number of benzene rings is 3. The van der Waals surface area contributed by atoms with Gasteiger partial charge in [-0.05, 0) is 60.1 Å². The molecular weight excluding hydrogens is 520 g/mol. The average molecular weight is 567 g/mol. The summed E-state index contributed by atoms with van der Waals surface area (Å²) in [5.41, 5.74) is 2.86. The summed E-state index contributed by atoms with van der Waals surface area (Å²) in [7, 11) is 0. The zero-order valence-corrected chi connectivity index (χ0v) is 25.1. The molecule has 1 aliphatic rings. The van der Waals surface area contributed by atoms with E-state index in [4.69, 9.17) is 20.6 Å². The summed E-state index contributed by atoms with van der Waals surface area (Å²) in [4.78, 5) is 14.0. The largest absolute Gasteiger partial charge is 0.377 e. The first-order valence-corrected chi connectivity index (χ1v) is 15.3. The first-order chi connectivity index (χ1) is 20.5. The molecule has 3 aromatic rings. The molecule has 3 aromatic carbocycles. The Morgan fingerprint density at radius 2 is 1.19 bits per heavy atom. The van der Waals surface area contributed by atoms with Crippen molar-refractivity contribution in [3.63, 3.8) is 0 Å². The Morgan fingerprint density at radius 1 is 0.714 bits per heavy atom. The zero-order chi connectivity index (χ0) is 29.5. The topological polar surface area (TPSA) is 44.8 Å². The molecule has 0 amide bonds. The summed E-state index contributed by atoms with van der Waals surface area (Å²) < 4.78 is 18.3. The monoisotopic (exact) mass is 566 g/mol. The fraction of sp³-hybridized carbons (Fsp3) is 0.447. The molecule has 0 unspecified atom stereocenters. The van der Waals surface area contributed by atoms with Crippen molar-refractivity contribution in [3.8, 4) is 12.3 Å². The van der Waals surface area contributed by atoms with Crippen molar-refractivity contribution in [2.45, 2.75) is 71.7 Å². The Hall–Kier alpha value is -3.23. The maximum absolute atomic E-state index is 14.0. The Kier molecular flexibility index (Phi) is 12.4. The average Bonchev–Trinajstić information content (AvgIpc) is 3.02. The number of hydrogen-bond acceptors (Lipinski definition) is 4. The predicted molar refractivity (Wildman–Crippen MR) is 168 cm³/mol. The molecular formula is C38H46O4. The molecule has 222 valence electrons. The highest BCUT2D eigenvalue weighted by Gasteiger charge is 2.51. The van der Waals surface area contributed by atoms with Crippen molar-refractivity contribution in [3.05, 3.63) is 108 Å². The third-order valence-corrected chi connectivity index (χ3v) is 9.01. The molecule has 0 N–H and O–H groups in total. The molecule has 0 aromatic heterocycles. The van der Waals surface area contributed by atoms with Crippen LogP contribution in [0.25, 0.3) is 0 Å². The van der Waals surface area contributed by atoms with Crippen LogP contribution in [0.2, 0.25) is 0 Å². The van der Waals surface area contributed by atoms with Crippen LogP contribution in [0, 0.1) is 29.1 Å². The van der Waals surface area contributed by atoms with Gasteiger partial charge in [0, 0.05) is 38.1 Å². The Labute approximate surface area is 252 Å². The number of carbonyl (C=O) groups is 1. The van der Waals surface area contributed by atoms with Gasteiger partial charge in [0.1, 0.15) is 5.78 Å². The number of ketones is 1. The van der Waals surface area contributed by atoms with Gasteiger partial charge < -0.3 is 14.2 Å². The van der Waals surface area contributed by atoms with Gasteiger partial charge in [-0.2, -0.15) is 0 Å². The van der Waals surface area contributed by atoms with Gasteiger partial charge in [-0.25, -0.2) is 0 Å². The van der Waals surface area contributed by atoms with Gasteiger partial charge in [0.2, 0.25) is 0 Å². The highest BCUT2D eigenvalue weighted by atomic mass is 16.5. The van der Waals surface area contributed by atoms with Crippen molar-refractivity contribution in [1.82, 2.24) is 0 Å². The predicted octanol–water partition coefficient (Wildman–Crippen LogP) is 8.19. The molecule has 0 saturated heterocycles. The van der Waals surface area contributed by atoms with Gasteiger partial charge in [-0.15, -0.1) is 12.3 Å². The standard InChI is InChI=1S/C38H46O4/c1-3-4-21-38(23-26-42-31-34-18-12-7-13-19-34)27-35(20-24-40-29-32-14-8-5-9-15-32)37(2,28-36(38)39)22-25-41-30-33-16-10-6-11-17-33/h1,5-19,35H,4,20-31H2,2H3/t35-,37-,38+/m0/s1. The maximum Gasteiger partial charge on any atom is 0.139 e. The molecule has 42 heavy (non-hydrogen) atoms. The molecule has 3 atom stereocenters. The summed E-state index contributed by atoms with van der Waals surface area (Å²) in [6.07, 6.45) is 10.8. The number of terminal acetylenes is 1. The van der Waals surface area contributed by atoms with Crippen molar-refractivity contribution < 1.29 is 19.0 Å². The zero-order valence-electron chi connectivity index (χ0n) is 25.1. The summed E-state index contributed by atoms with van der Waals surface area (Å²) >= 11 is 0. The number of rotatable bonds is 17. The Morgan fingerprint density at radius 3 is 1.69 bits per heavy atom. The van der Waals surface area contributed by atoms with Gasteiger partial charge in [0.05, 0.1) is 19.8 Å². The van der Waals surface area contributed by atoms with Gasteiger partial charge in [-0.3, -0.25) is 4.79 Å². The molecule has 1 fully saturated rings. The van der Waals surface area contributed by atoms with E-state index >= 15 is 0 Å². The van der Waals surface area contributed by atoms with Crippen LogP contribution >= 0.6 is 0 Å². The van der Waals surface area contributed by atoms with Crippen molar-refractivity contribution in [2.75, 3.05) is 19.8 Å². The minimum atomic E-state index is -0.461. The minimum absolute atomic E-state index is 0.158. The van der Waals surface area contributed by atoms with E-state index in [0.29, 0.717) is 77.0 Å². The lowest BCUT2D eigenvalue weighted by Crippen LogP contribution is -2.48. The third-order valence-electron chi connectivity index (χ3n) is 9.01. The summed E-state index contributed by atoms with van der Waals surface area (Å²) in [5, 5.41) is 0. The van der Waals surface area contributed by atoms with Crippen molar-refractivity contribution in [1.29, 1.82) is 0 Å². The van der Waals surface area contributed by atoms with E-state index < -0.39 is 5.41 Å². The van der Waals surface area contributed by atoms with Crippen molar-refractivity contribution in [2.24, 2.45) is 16.7 Å². The van der Waals surface area contributed by atoms with E-state index in [1.165, 1.54) is 5.56 Å². The van der Waals surface area contributed by atoms with Crippen LogP contribution in [0.4, 0.5) is 0 Å². The van der Waals surface area contributed by atoms with E-state index in [2.05, 4.69) is 49.2 Å². The van der Waals surface area contributed by atoms with Crippen LogP contribution in [-0.2, 0) is 38.8 Å². The number of Topliss-reactive ketones (excluding diaryl/α,β-unsaturated/α-hetero) is 1. The Balaban J connectivity index is 1.41. The first kappa shape index (κ1) is 31.7. The summed E-state index contributed by atoms with van der Waals surface area (Å²) in [6.45, 7) is 5.82. The molecule has 0 aliphatic heterocycles. The second-order valence-corrected chi connectivity index (χ2v) is 12.0. The Bertz CT molecular complexity index is 1240. The second-order valence-electron chi connectivity index (χ2n) is 12.0. The minimum Gasteiger partial charge on any atom is -0.377 e. The van der Waals surface area contributed by atoms with E-state index in [1.54, 1.807) is 0 Å². The van der Waals surface area contributed by atoms with Crippen LogP contribution in [0.15, 0.2) is 91.0 Å². The van der Waals surface area contributed by atoms with E-state index in [1.807, 2.05) is 54.6 Å². The lowest BCUT2D eigenvalue weighted by Gasteiger charge is -2.49. The summed E-state index contributed by atoms with van der Waals surface area (Å²) in [5.74, 6) is 3.45. The molecule has 4 nitrogen and oxygen atoms in total. The molecule has 1 saturated carbocycles. The molecule has 1 aliphatic carbocycles. The quantitative estimate of drug-likeness (QED) is 0.122. The van der Waals surface area contributed by atoms with Crippen molar-refractivity contribution >= 4 is 5.78 Å². The first-order valence-electron chi connectivity index (χ1n) is 15.3. The maximum atomic E-state index is 14.0. The summed E-state index contributed by atoms with van der Waals surface area (Å²) in [6, 6.07) is 30.7. The van der Waals surface area contributed by atoms with Crippen LogP contribution < -0.4 is 0 Å². The molecule has 4 rings (SSSR count). The fourth-order valence-electron chi connectivity index (χ4n) is 6.28. The normalized spacial score (nSPS) is 22.1. The molecule has 0 spiro atoms. The highest BCUT2D eigenvalue weighted by molar-refractivity contribution is 5.86. The molecule has 0 heterocycles. The van der Waals surface area contributed by atoms with Crippen LogP contribution in [-0.4, -0.2) is 25.6 Å². The SMILES string of the molecule is C#CCC[C@@]1(CCOCc2ccccc2)C[C@H](CCOCc2ccccc2)[C@@](C)(CCOCc2ccccc2)CC1=O. The second kappa shape index (κ2) is 16.4. The number of carbonyl (C=O) groups excluding carboxylic acids is 1. The fourth-order valence-corrected chi connectivity index (χ4v) is 6.28. The van der Waals surface area contributed by atoms with E-state index in [-0.39, 0.29) is 5.41 Å². The molecule has 4 heteroatoms. The van der Waals surface area contributed by atoms with E-state index in [0.717, 1.165) is 30.4 Å². The van der Waals surface area contributed by atoms with Gasteiger partial charge in [0.15, 0.2) is 0 Å². The van der Waals surface area contributed by atoms with Gasteiger partial charge >= 0.3 is 0 Å². The molecule has 0 radical (unpaired) electrons. The van der Waals surface area contributed by atoms with E-state index in [9.17, 15) is 4.79 Å². The van der Waals surface area contributed by atoms with Crippen LogP contribution in [0.1, 0.15) is 68.6 Å². The smallest absolute Gasteiger partial charge is 0.139 e. The van der Waals surface area contributed by atoms with Gasteiger partial charge in [-0.1, -0.05) is 97.9 Å². The number of hydrogen-bond donors (Lipinski definition) is 0. The number of ether oxygens (including phenoxy) is 3. The molecule has 0 bridgehead atoms. The van der Waals surface area contributed by atoms with Crippen LogP contribution in [0.3, 0.4) is 0 Å². The third kappa shape index (κ3) is 9.39. The lowest BCUT2D eigenvalue weighted by atomic mass is 9.54. The lowest BCUT2D eigenvalue weighted by molar-refractivity contribution is -0.144. The van der Waals surface area contributed by atoms with Gasteiger partial charge in [0.25, 0.3) is 0 Å².